The fourth-order valence-corrected chi connectivity index (χ4v) is 10.0. The van der Waals surface area contributed by atoms with Crippen molar-refractivity contribution in [2.24, 2.45) is 0 Å². The van der Waals surface area contributed by atoms with Gasteiger partial charge in [0.05, 0.1) is 16.4 Å². The summed E-state index contributed by atoms with van der Waals surface area (Å²) in [6.45, 7) is 0. The summed E-state index contributed by atoms with van der Waals surface area (Å²) >= 11 is 0. The molecule has 246 valence electrons. The summed E-state index contributed by atoms with van der Waals surface area (Å²) in [7, 11) is 0. The van der Waals surface area contributed by atoms with Crippen molar-refractivity contribution in [2.45, 2.75) is 11.8 Å². The van der Waals surface area contributed by atoms with Crippen LogP contribution in [0.1, 0.15) is 33.4 Å². The van der Waals surface area contributed by atoms with E-state index in [1.807, 2.05) is 0 Å². The molecule has 1 aromatic heterocycles. The lowest BCUT2D eigenvalue weighted by molar-refractivity contribution is 0.793. The zero-order valence-corrected chi connectivity index (χ0v) is 28.9. The zero-order chi connectivity index (χ0) is 34.7. The van der Waals surface area contributed by atoms with Gasteiger partial charge in [-0.1, -0.05) is 158 Å². The van der Waals surface area contributed by atoms with E-state index in [4.69, 9.17) is 4.98 Å². The normalized spacial score (nSPS) is 15.5. The Labute approximate surface area is 308 Å². The van der Waals surface area contributed by atoms with Crippen molar-refractivity contribution >= 4 is 11.0 Å². The smallest absolute Gasteiger partial charge is 0.145 e. The topological polar surface area (TPSA) is 17.8 Å². The molecule has 0 bridgehead atoms. The third-order valence-corrected chi connectivity index (χ3v) is 12.1. The van der Waals surface area contributed by atoms with Crippen molar-refractivity contribution in [3.05, 3.63) is 215 Å². The summed E-state index contributed by atoms with van der Waals surface area (Å²) in [5.41, 5.74) is 23.0. The molecule has 2 heteroatoms. The maximum Gasteiger partial charge on any atom is 0.145 e. The van der Waals surface area contributed by atoms with Crippen molar-refractivity contribution in [1.29, 1.82) is 0 Å². The van der Waals surface area contributed by atoms with Crippen LogP contribution in [0.3, 0.4) is 0 Å². The number of fused-ring (bicyclic) bond motifs is 15. The first-order chi connectivity index (χ1) is 26.3. The summed E-state index contributed by atoms with van der Waals surface area (Å²) in [4.78, 5) is 5.14. The van der Waals surface area contributed by atoms with Gasteiger partial charge in [-0.15, -0.1) is 0 Å². The average molecular weight is 673 g/mol. The minimum Gasteiger partial charge on any atom is -0.292 e. The predicted octanol–water partition coefficient (Wildman–Crippen LogP) is 12.3. The Hall–Kier alpha value is -6.77. The minimum atomic E-state index is -0.391. The van der Waals surface area contributed by atoms with Gasteiger partial charge in [0.25, 0.3) is 0 Å². The minimum absolute atomic E-state index is 0.391. The molecule has 12 rings (SSSR count). The lowest BCUT2D eigenvalue weighted by atomic mass is 9.70. The van der Waals surface area contributed by atoms with Gasteiger partial charge >= 0.3 is 0 Å². The van der Waals surface area contributed by atoms with Crippen LogP contribution in [0.25, 0.3) is 72.6 Å². The van der Waals surface area contributed by atoms with Gasteiger partial charge in [-0.3, -0.25) is 4.57 Å². The number of benzene rings is 8. The molecule has 0 aliphatic heterocycles. The molecular formula is C51H32N2. The molecule has 8 aromatic carbocycles. The molecule has 0 amide bonds. The Morgan fingerprint density at radius 3 is 1.83 bits per heavy atom. The Morgan fingerprint density at radius 1 is 0.415 bits per heavy atom. The molecule has 0 saturated carbocycles. The Balaban J connectivity index is 1.06. The predicted molar refractivity (Wildman–Crippen MR) is 216 cm³/mol. The van der Waals surface area contributed by atoms with E-state index in [0.29, 0.717) is 0 Å². The highest BCUT2D eigenvalue weighted by molar-refractivity contribution is 6.02. The van der Waals surface area contributed by atoms with E-state index in [9.17, 15) is 0 Å². The molecule has 0 fully saturated rings. The summed E-state index contributed by atoms with van der Waals surface area (Å²) in [6, 6.07) is 67.1. The van der Waals surface area contributed by atoms with E-state index in [0.717, 1.165) is 34.5 Å². The van der Waals surface area contributed by atoms with Crippen molar-refractivity contribution in [3.8, 4) is 61.6 Å². The molecule has 53 heavy (non-hydrogen) atoms. The first kappa shape index (κ1) is 28.9. The van der Waals surface area contributed by atoms with Gasteiger partial charge in [-0.05, 0) is 109 Å². The van der Waals surface area contributed by atoms with Gasteiger partial charge in [0.2, 0.25) is 0 Å². The second-order valence-electron chi connectivity index (χ2n) is 14.6. The fourth-order valence-electron chi connectivity index (χ4n) is 10.0. The van der Waals surface area contributed by atoms with Crippen molar-refractivity contribution in [1.82, 2.24) is 9.55 Å². The number of rotatable bonds is 3. The maximum atomic E-state index is 5.14. The van der Waals surface area contributed by atoms with Crippen molar-refractivity contribution in [3.63, 3.8) is 0 Å². The van der Waals surface area contributed by atoms with Crippen LogP contribution in [-0.2, 0) is 11.8 Å². The maximum absolute atomic E-state index is 5.14. The van der Waals surface area contributed by atoms with E-state index in [1.165, 1.54) is 77.9 Å². The van der Waals surface area contributed by atoms with E-state index >= 15 is 0 Å². The summed E-state index contributed by atoms with van der Waals surface area (Å²) in [5.74, 6) is 0.945. The van der Waals surface area contributed by atoms with Crippen LogP contribution >= 0.6 is 0 Å². The van der Waals surface area contributed by atoms with Gasteiger partial charge in [-0.25, -0.2) is 4.98 Å². The lowest BCUT2D eigenvalue weighted by Gasteiger charge is -2.30. The molecule has 1 heterocycles. The SMILES string of the molecule is c1ccc(-n2c(-c3ccc(-c4cccc5c4-c4ccccc4C54c5ccccc5-c5c4ccc4c5Cc5ccccc5-4)cc3)nc3ccccc32)cc1. The quantitative estimate of drug-likeness (QED) is 0.183. The monoisotopic (exact) mass is 672 g/mol. The van der Waals surface area contributed by atoms with Crippen LogP contribution in [0, 0.1) is 0 Å². The zero-order valence-electron chi connectivity index (χ0n) is 28.9. The number of nitrogens with zero attached hydrogens (tertiary/aromatic N) is 2. The average Bonchev–Trinajstić information content (AvgIpc) is 3.96. The van der Waals surface area contributed by atoms with E-state index < -0.39 is 5.41 Å². The highest BCUT2D eigenvalue weighted by atomic mass is 15.1. The standard InChI is InChI=1S/C51H32N2/c1-2-14-35(15-3-1)53-47-24-11-10-23-46(47)52-50(53)33-27-25-32(26-28-33)37-19-12-22-44-48(37)39-17-6-8-20-42(39)51(44)43-21-9-7-18-40(43)49-41-31-34-13-4-5-16-36(34)38(41)29-30-45(49)51/h1-30H,31H2. The third kappa shape index (κ3) is 3.75. The van der Waals surface area contributed by atoms with Crippen molar-refractivity contribution < 1.29 is 0 Å². The van der Waals surface area contributed by atoms with Gasteiger partial charge in [0.15, 0.2) is 0 Å². The number of para-hydroxylation sites is 3. The highest BCUT2D eigenvalue weighted by Gasteiger charge is 2.53. The first-order valence-electron chi connectivity index (χ1n) is 18.5. The van der Waals surface area contributed by atoms with Crippen LogP contribution in [0.4, 0.5) is 0 Å². The molecule has 1 atom stereocenters. The van der Waals surface area contributed by atoms with Crippen molar-refractivity contribution in [2.75, 3.05) is 0 Å². The van der Waals surface area contributed by atoms with E-state index in [1.54, 1.807) is 0 Å². The summed E-state index contributed by atoms with van der Waals surface area (Å²) < 4.78 is 2.27. The lowest BCUT2D eigenvalue weighted by Crippen LogP contribution is -2.25. The van der Waals surface area contributed by atoms with E-state index in [-0.39, 0.29) is 0 Å². The Bertz CT molecular complexity index is 2970. The number of hydrogen-bond acceptors (Lipinski definition) is 1. The Kier molecular flexibility index (Phi) is 5.79. The molecule has 1 spiro atoms. The van der Waals surface area contributed by atoms with Crippen LogP contribution in [0.5, 0.6) is 0 Å². The highest BCUT2D eigenvalue weighted by Crippen LogP contribution is 2.65. The molecule has 2 nitrogen and oxygen atoms in total. The number of imidazole rings is 1. The molecule has 3 aliphatic rings. The molecule has 0 radical (unpaired) electrons. The van der Waals surface area contributed by atoms with Crippen LogP contribution in [0.2, 0.25) is 0 Å². The number of aromatic nitrogens is 2. The second kappa shape index (κ2) is 10.6. The van der Waals surface area contributed by atoms with Gasteiger partial charge in [0.1, 0.15) is 5.82 Å². The van der Waals surface area contributed by atoms with Crippen LogP contribution in [-0.4, -0.2) is 9.55 Å². The first-order valence-corrected chi connectivity index (χ1v) is 18.5. The van der Waals surface area contributed by atoms with Crippen LogP contribution in [0.15, 0.2) is 182 Å². The third-order valence-electron chi connectivity index (χ3n) is 12.1. The summed E-state index contributed by atoms with van der Waals surface area (Å²) in [5, 5.41) is 0. The number of hydrogen-bond donors (Lipinski definition) is 0. The molecule has 3 aliphatic carbocycles. The molecule has 1 unspecified atom stereocenters. The van der Waals surface area contributed by atoms with E-state index in [2.05, 4.69) is 187 Å². The molecular weight excluding hydrogens is 641 g/mol. The molecule has 0 N–H and O–H groups in total. The van der Waals surface area contributed by atoms with Gasteiger partial charge in [-0.2, -0.15) is 0 Å². The molecule has 0 saturated heterocycles. The second-order valence-corrected chi connectivity index (χ2v) is 14.6. The van der Waals surface area contributed by atoms with Gasteiger partial charge in [0, 0.05) is 11.3 Å². The van der Waals surface area contributed by atoms with Crippen LogP contribution < -0.4 is 0 Å². The summed E-state index contributed by atoms with van der Waals surface area (Å²) in [6.07, 6.45) is 0.970. The largest absolute Gasteiger partial charge is 0.292 e. The fraction of sp³-hybridized carbons (Fsp3) is 0.0392. The Morgan fingerprint density at radius 2 is 1.02 bits per heavy atom. The molecule has 9 aromatic rings. The van der Waals surface area contributed by atoms with Gasteiger partial charge < -0.3 is 0 Å².